The zero-order valence-electron chi connectivity index (χ0n) is 29.5. The number of hydrogen-bond donors (Lipinski definition) is 2. The summed E-state index contributed by atoms with van der Waals surface area (Å²) < 4.78 is 40.4. The third-order valence-electron chi connectivity index (χ3n) is 9.27. The van der Waals surface area contributed by atoms with Crippen LogP contribution in [0.1, 0.15) is 53.5 Å². The molecule has 0 atom stereocenters. The van der Waals surface area contributed by atoms with E-state index in [4.69, 9.17) is 31.0 Å². The smallest absolute Gasteiger partial charge is 0.213 e. The molecule has 0 saturated carbocycles. The number of imidazole rings is 1. The number of benzene rings is 3. The molecule has 1 amide bonds. The molecule has 272 valence electrons. The van der Waals surface area contributed by atoms with Gasteiger partial charge in [0.15, 0.2) is 5.82 Å². The van der Waals surface area contributed by atoms with E-state index in [1.807, 2.05) is 12.1 Å². The minimum Gasteiger partial charge on any atom is -0.473 e. The molecule has 3 aromatic heterocycles. The van der Waals surface area contributed by atoms with Gasteiger partial charge in [-0.2, -0.15) is 5.10 Å². The molecule has 0 aliphatic carbocycles. The minimum atomic E-state index is -0.458. The van der Waals surface area contributed by atoms with Crippen molar-refractivity contribution in [2.45, 2.75) is 52.2 Å². The molecule has 2 N–H and O–H groups in total. The predicted octanol–water partition coefficient (Wildman–Crippen LogP) is 8.01. The number of nitrogens with zero attached hydrogens (tertiary/aromatic N) is 5. The number of piperidine rings is 1. The number of carbonyl (C=O) groups is 1. The van der Waals surface area contributed by atoms with Crippen molar-refractivity contribution >= 4 is 45.6 Å². The normalized spacial score (nSPS) is 14.6. The van der Waals surface area contributed by atoms with Gasteiger partial charge in [0.1, 0.15) is 18.2 Å². The SMILES string of the molecule is C1COC1.Cc1[nH]nc2ccc(NC=O)c(F)c12.Cc1ccc2c(c1)nc(CN1CCC(c3cccc(OCc4ccc(Cl)cc4F)n3)CC1)n2C. The second kappa shape index (κ2) is 17.1. The Labute approximate surface area is 306 Å². The number of rotatable bonds is 8. The predicted molar refractivity (Wildman–Crippen MR) is 199 cm³/mol. The van der Waals surface area contributed by atoms with E-state index in [2.05, 4.69) is 63.2 Å². The van der Waals surface area contributed by atoms with E-state index in [0.717, 1.165) is 62.7 Å². The van der Waals surface area contributed by atoms with Crippen LogP contribution in [0.3, 0.4) is 0 Å². The number of aryl methyl sites for hydroxylation is 3. The molecule has 2 aliphatic heterocycles. The quantitative estimate of drug-likeness (QED) is 0.153. The molecule has 0 unspecified atom stereocenters. The highest BCUT2D eigenvalue weighted by atomic mass is 35.5. The number of hydrogen-bond acceptors (Lipinski definition) is 7. The van der Waals surface area contributed by atoms with E-state index in [1.165, 1.54) is 29.6 Å². The van der Waals surface area contributed by atoms with E-state index >= 15 is 0 Å². The van der Waals surface area contributed by atoms with Crippen molar-refractivity contribution in [1.82, 2.24) is 29.6 Å². The zero-order valence-corrected chi connectivity index (χ0v) is 30.2. The Hall–Kier alpha value is -4.91. The van der Waals surface area contributed by atoms with Crippen LogP contribution in [0.4, 0.5) is 14.5 Å². The molecule has 13 heteroatoms. The lowest BCUT2D eigenvalue weighted by molar-refractivity contribution is -0.105. The topological polar surface area (TPSA) is 110 Å². The number of carbonyl (C=O) groups excluding carboxylic acids is 1. The van der Waals surface area contributed by atoms with Gasteiger partial charge in [0.25, 0.3) is 0 Å². The molecule has 0 bridgehead atoms. The van der Waals surface area contributed by atoms with Gasteiger partial charge in [-0.3, -0.25) is 14.8 Å². The fraction of sp³-hybridized carbons (Fsp3) is 0.333. The molecule has 2 fully saturated rings. The molecule has 10 nitrogen and oxygen atoms in total. The Morgan fingerprint density at radius 3 is 2.50 bits per heavy atom. The number of fused-ring (bicyclic) bond motifs is 2. The Morgan fingerprint density at radius 1 is 1.02 bits per heavy atom. The number of likely N-dealkylation sites (tertiary alicyclic amines) is 1. The molecule has 5 heterocycles. The summed E-state index contributed by atoms with van der Waals surface area (Å²) in [6.07, 6.45) is 3.79. The minimum absolute atomic E-state index is 0.120. The van der Waals surface area contributed by atoms with E-state index in [1.54, 1.807) is 25.1 Å². The van der Waals surface area contributed by atoms with Crippen LogP contribution in [0.25, 0.3) is 21.9 Å². The van der Waals surface area contributed by atoms with Gasteiger partial charge in [0, 0.05) is 54.2 Å². The van der Waals surface area contributed by atoms with Crippen molar-refractivity contribution in [3.63, 3.8) is 0 Å². The number of aromatic amines is 1. The lowest BCUT2D eigenvalue weighted by atomic mass is 9.93. The fourth-order valence-corrected chi connectivity index (χ4v) is 6.31. The number of ether oxygens (including phenoxy) is 2. The average Bonchev–Trinajstić information content (AvgIpc) is 3.64. The highest BCUT2D eigenvalue weighted by molar-refractivity contribution is 6.30. The van der Waals surface area contributed by atoms with Gasteiger partial charge in [-0.15, -0.1) is 0 Å². The van der Waals surface area contributed by atoms with Crippen molar-refractivity contribution in [3.8, 4) is 5.88 Å². The Bertz CT molecular complexity index is 2140. The van der Waals surface area contributed by atoms with Gasteiger partial charge in [-0.05, 0) is 94.2 Å². The third kappa shape index (κ3) is 8.93. The van der Waals surface area contributed by atoms with Crippen LogP contribution in [0, 0.1) is 25.5 Å². The number of nitrogens with one attached hydrogen (secondary N) is 2. The summed E-state index contributed by atoms with van der Waals surface area (Å²) in [6.45, 7) is 8.78. The Morgan fingerprint density at radius 2 is 1.79 bits per heavy atom. The standard InChI is InChI=1S/C27H28ClFN4O.C9H8FN3O.C3H6O/c1-18-6-9-25-24(14-18)30-26(32(25)2)16-33-12-10-19(11-13-33)23-4-3-5-27(31-23)34-17-20-7-8-21(28)15-22(20)29;1-5-8-6(13-12-5)2-3-7(9(8)10)11-4-14;1-2-4-3-1/h3-9,14-15,19H,10-13,16-17H2,1-2H3;2-4H,1H3,(H,11,14)(H,12,13);1-3H2. The zero-order chi connectivity index (χ0) is 36.6. The Kier molecular flexibility index (Phi) is 12.1. The second-order valence-corrected chi connectivity index (χ2v) is 13.4. The third-order valence-corrected chi connectivity index (χ3v) is 9.50. The van der Waals surface area contributed by atoms with Gasteiger partial charge < -0.3 is 19.4 Å². The van der Waals surface area contributed by atoms with E-state index in [0.29, 0.717) is 45.4 Å². The maximum atomic E-state index is 14.0. The highest BCUT2D eigenvalue weighted by Crippen LogP contribution is 2.30. The Balaban J connectivity index is 0.000000211. The number of aromatic nitrogens is 5. The molecule has 0 spiro atoms. The van der Waals surface area contributed by atoms with Crippen molar-refractivity contribution < 1.29 is 23.0 Å². The molecular weight excluding hydrogens is 688 g/mol. The lowest BCUT2D eigenvalue weighted by Crippen LogP contribution is -2.33. The largest absolute Gasteiger partial charge is 0.473 e. The van der Waals surface area contributed by atoms with Crippen molar-refractivity contribution in [2.24, 2.45) is 7.05 Å². The summed E-state index contributed by atoms with van der Waals surface area (Å²) in [5.41, 5.74) is 6.33. The molecule has 52 heavy (non-hydrogen) atoms. The van der Waals surface area contributed by atoms with Crippen molar-refractivity contribution in [1.29, 1.82) is 0 Å². The van der Waals surface area contributed by atoms with Crippen molar-refractivity contribution in [3.05, 3.63) is 112 Å². The number of amides is 1. The van der Waals surface area contributed by atoms with Crippen LogP contribution < -0.4 is 10.1 Å². The molecule has 6 aromatic rings. The van der Waals surface area contributed by atoms with Crippen LogP contribution in [-0.2, 0) is 29.7 Å². The van der Waals surface area contributed by atoms with Crippen LogP contribution in [-0.4, -0.2) is 62.3 Å². The summed E-state index contributed by atoms with van der Waals surface area (Å²) in [5.74, 6) is 1.18. The molecule has 8 rings (SSSR count). The first-order valence-electron chi connectivity index (χ1n) is 17.3. The van der Waals surface area contributed by atoms with Crippen LogP contribution in [0.2, 0.25) is 5.02 Å². The second-order valence-electron chi connectivity index (χ2n) is 13.0. The average molecular weight is 730 g/mol. The molecule has 0 radical (unpaired) electrons. The maximum Gasteiger partial charge on any atom is 0.213 e. The summed E-state index contributed by atoms with van der Waals surface area (Å²) in [4.78, 5) is 22.2. The molecule has 2 saturated heterocycles. The van der Waals surface area contributed by atoms with Gasteiger partial charge in [0.2, 0.25) is 12.3 Å². The number of pyridine rings is 1. The van der Waals surface area contributed by atoms with Gasteiger partial charge >= 0.3 is 0 Å². The van der Waals surface area contributed by atoms with Gasteiger partial charge in [-0.1, -0.05) is 29.8 Å². The van der Waals surface area contributed by atoms with Crippen LogP contribution >= 0.6 is 11.6 Å². The van der Waals surface area contributed by atoms with Crippen molar-refractivity contribution in [2.75, 3.05) is 31.6 Å². The number of H-pyrrole nitrogens is 1. The fourth-order valence-electron chi connectivity index (χ4n) is 6.15. The molecule has 2 aliphatic rings. The highest BCUT2D eigenvalue weighted by Gasteiger charge is 2.23. The first-order chi connectivity index (χ1) is 25.2. The first-order valence-corrected chi connectivity index (χ1v) is 17.7. The summed E-state index contributed by atoms with van der Waals surface area (Å²) >= 11 is 5.83. The summed E-state index contributed by atoms with van der Waals surface area (Å²) in [5, 5.41) is 9.66. The van der Waals surface area contributed by atoms with Gasteiger partial charge in [0.05, 0.1) is 34.2 Å². The monoisotopic (exact) mass is 729 g/mol. The summed E-state index contributed by atoms with van der Waals surface area (Å²) in [6, 6.07) is 20.0. The number of halogens is 3. The van der Waals surface area contributed by atoms with E-state index in [9.17, 15) is 13.6 Å². The first kappa shape index (κ1) is 36.9. The van der Waals surface area contributed by atoms with E-state index < -0.39 is 5.82 Å². The number of anilines is 1. The van der Waals surface area contributed by atoms with E-state index in [-0.39, 0.29) is 18.1 Å². The maximum absolute atomic E-state index is 14.0. The van der Waals surface area contributed by atoms with Crippen LogP contribution in [0.5, 0.6) is 5.88 Å². The summed E-state index contributed by atoms with van der Waals surface area (Å²) in [7, 11) is 2.10. The van der Waals surface area contributed by atoms with Gasteiger partial charge in [-0.25, -0.2) is 18.7 Å². The lowest BCUT2D eigenvalue weighted by Gasteiger charge is -2.31. The van der Waals surface area contributed by atoms with Crippen LogP contribution in [0.15, 0.2) is 66.7 Å². The molecule has 3 aromatic carbocycles. The molecular formula is C39H42ClF2N7O3.